The molecule has 2 aromatic rings. The molecule has 27 heavy (non-hydrogen) atoms. The third-order valence-corrected chi connectivity index (χ3v) is 6.26. The number of allylic oxidation sites excluding steroid dienone is 1. The molecule has 2 atom stereocenters. The summed E-state index contributed by atoms with van der Waals surface area (Å²) in [6.45, 7) is 3.35. The van der Waals surface area contributed by atoms with Gasteiger partial charge in [0.2, 0.25) is 6.79 Å². The van der Waals surface area contributed by atoms with Gasteiger partial charge >= 0.3 is 0 Å². The lowest BCUT2D eigenvalue weighted by Crippen LogP contribution is -3.10. The van der Waals surface area contributed by atoms with E-state index in [1.165, 1.54) is 27.3 Å². The second-order valence-electron chi connectivity index (χ2n) is 7.01. The molecule has 0 spiro atoms. The Labute approximate surface area is 163 Å². The van der Waals surface area contributed by atoms with Crippen molar-refractivity contribution in [3.8, 4) is 23.0 Å². The lowest BCUT2D eigenvalue weighted by atomic mass is 9.85. The van der Waals surface area contributed by atoms with Gasteiger partial charge in [-0.2, -0.15) is 0 Å². The van der Waals surface area contributed by atoms with E-state index in [0.717, 1.165) is 41.3 Å². The minimum Gasteiger partial charge on any atom is -0.493 e. The maximum atomic E-state index is 7.02. The Morgan fingerprint density at radius 2 is 1.85 bits per heavy atom. The van der Waals surface area contributed by atoms with Crippen molar-refractivity contribution in [1.29, 1.82) is 0 Å². The number of quaternary nitrogens is 1. The van der Waals surface area contributed by atoms with Gasteiger partial charge in [0.1, 0.15) is 5.70 Å². The van der Waals surface area contributed by atoms with Crippen LogP contribution in [0.5, 0.6) is 23.0 Å². The van der Waals surface area contributed by atoms with Gasteiger partial charge in [0.15, 0.2) is 28.5 Å². The van der Waals surface area contributed by atoms with E-state index in [2.05, 4.69) is 25.1 Å². The van der Waals surface area contributed by atoms with Crippen LogP contribution in [0.15, 0.2) is 24.3 Å². The molecule has 2 aromatic carbocycles. The molecule has 0 bridgehead atoms. The predicted molar refractivity (Wildman–Crippen MR) is 103 cm³/mol. The zero-order valence-electron chi connectivity index (χ0n) is 15.5. The number of benzene rings is 2. The normalized spacial score (nSPS) is 22.1. The molecule has 3 heterocycles. The lowest BCUT2D eigenvalue weighted by molar-refractivity contribution is -0.846. The molecular weight excluding hydrogens is 366 g/mol. The maximum Gasteiger partial charge on any atom is 0.231 e. The van der Waals surface area contributed by atoms with Crippen molar-refractivity contribution in [2.75, 3.05) is 27.6 Å². The highest BCUT2D eigenvalue weighted by Gasteiger charge is 2.42. The standard InChI is InChI=1S/C21H20ClNO4/c1-11-13-4-5-15(24-2)20(25-3)18(13)21(22)23-7-6-12-8-16-17(27-10-26-16)9-14(12)19(11)23/h4-5,8-9,21H,6-7,10H2,1-3H3/p+1. The number of nitrogens with one attached hydrogen (secondary N) is 1. The van der Waals surface area contributed by atoms with Crippen molar-refractivity contribution < 1.29 is 23.8 Å². The average Bonchev–Trinajstić information content (AvgIpc) is 3.15. The van der Waals surface area contributed by atoms with Gasteiger partial charge in [-0.25, -0.2) is 0 Å². The van der Waals surface area contributed by atoms with Crippen molar-refractivity contribution in [3.05, 3.63) is 46.5 Å². The van der Waals surface area contributed by atoms with Crippen LogP contribution in [-0.2, 0) is 6.42 Å². The largest absolute Gasteiger partial charge is 0.493 e. The van der Waals surface area contributed by atoms with Crippen LogP contribution in [0.1, 0.15) is 34.7 Å². The number of rotatable bonds is 2. The molecule has 5 nitrogen and oxygen atoms in total. The molecule has 0 saturated heterocycles. The second kappa shape index (κ2) is 6.08. The number of methoxy groups -OCH3 is 2. The third-order valence-electron chi connectivity index (χ3n) is 5.77. The number of hydrogen-bond acceptors (Lipinski definition) is 4. The van der Waals surface area contributed by atoms with Gasteiger partial charge in [0.05, 0.1) is 26.3 Å². The summed E-state index contributed by atoms with van der Waals surface area (Å²) in [5.41, 5.74) is 6.78. The van der Waals surface area contributed by atoms with Crippen molar-refractivity contribution in [1.82, 2.24) is 0 Å². The van der Waals surface area contributed by atoms with Crippen molar-refractivity contribution in [2.24, 2.45) is 0 Å². The Balaban J connectivity index is 1.76. The second-order valence-corrected chi connectivity index (χ2v) is 7.45. The van der Waals surface area contributed by atoms with Crippen LogP contribution in [0.3, 0.4) is 0 Å². The van der Waals surface area contributed by atoms with Crippen LogP contribution in [-0.4, -0.2) is 27.6 Å². The van der Waals surface area contributed by atoms with E-state index in [1.54, 1.807) is 14.2 Å². The zero-order chi connectivity index (χ0) is 18.7. The fraction of sp³-hybridized carbons (Fsp3) is 0.333. The molecule has 0 radical (unpaired) electrons. The smallest absolute Gasteiger partial charge is 0.231 e. The molecule has 0 fully saturated rings. The van der Waals surface area contributed by atoms with Crippen LogP contribution in [0, 0.1) is 0 Å². The van der Waals surface area contributed by atoms with E-state index in [4.69, 9.17) is 30.5 Å². The highest BCUT2D eigenvalue weighted by molar-refractivity contribution is 6.21. The summed E-state index contributed by atoms with van der Waals surface area (Å²) in [5, 5.41) is 0. The van der Waals surface area contributed by atoms with E-state index in [-0.39, 0.29) is 12.3 Å². The summed E-state index contributed by atoms with van der Waals surface area (Å²) in [5.74, 6) is 3.07. The number of hydrogen-bond donors (Lipinski definition) is 1. The SMILES string of the molecule is COc1ccc2c(c1OC)C(Cl)[NH+]1CCc3cc4c(cc3C1=C2C)OCO4. The predicted octanol–water partition coefficient (Wildman–Crippen LogP) is 3.01. The number of halogens is 1. The summed E-state index contributed by atoms with van der Waals surface area (Å²) < 4.78 is 22.3. The molecule has 5 rings (SSSR count). The fourth-order valence-corrected chi connectivity index (χ4v) is 4.96. The fourth-order valence-electron chi connectivity index (χ4n) is 4.53. The van der Waals surface area contributed by atoms with Crippen LogP contribution in [0.25, 0.3) is 11.3 Å². The summed E-state index contributed by atoms with van der Waals surface area (Å²) in [4.78, 5) is 1.24. The zero-order valence-corrected chi connectivity index (χ0v) is 16.3. The first-order valence-corrected chi connectivity index (χ1v) is 9.46. The number of alkyl halides is 1. The van der Waals surface area contributed by atoms with Crippen molar-refractivity contribution in [2.45, 2.75) is 18.8 Å². The lowest BCUT2D eigenvalue weighted by Gasteiger charge is -2.37. The molecule has 3 aliphatic heterocycles. The van der Waals surface area contributed by atoms with Crippen molar-refractivity contribution >= 4 is 22.9 Å². The van der Waals surface area contributed by atoms with Gasteiger partial charge in [-0.1, -0.05) is 11.6 Å². The van der Waals surface area contributed by atoms with Gasteiger partial charge < -0.3 is 18.9 Å². The summed E-state index contributed by atoms with van der Waals surface area (Å²) in [7, 11) is 3.31. The summed E-state index contributed by atoms with van der Waals surface area (Å²) in [6.07, 6.45) is 0.933. The van der Waals surface area contributed by atoms with Crippen LogP contribution < -0.4 is 23.8 Å². The number of fused-ring (bicyclic) bond motifs is 5. The quantitative estimate of drug-likeness (QED) is 0.636. The molecule has 0 aliphatic carbocycles. The Hall–Kier alpha value is -2.37. The van der Waals surface area contributed by atoms with E-state index in [9.17, 15) is 0 Å². The maximum absolute atomic E-state index is 7.02. The van der Waals surface area contributed by atoms with E-state index in [0.29, 0.717) is 5.75 Å². The Kier molecular flexibility index (Phi) is 3.78. The Morgan fingerprint density at radius 3 is 2.59 bits per heavy atom. The highest BCUT2D eigenvalue weighted by atomic mass is 35.5. The number of ether oxygens (including phenoxy) is 4. The van der Waals surface area contributed by atoms with E-state index in [1.807, 2.05) is 6.07 Å². The van der Waals surface area contributed by atoms with E-state index < -0.39 is 0 Å². The van der Waals surface area contributed by atoms with Gasteiger partial charge in [0, 0.05) is 17.6 Å². The van der Waals surface area contributed by atoms with Gasteiger partial charge in [-0.05, 0) is 42.3 Å². The van der Waals surface area contributed by atoms with E-state index >= 15 is 0 Å². The first-order chi connectivity index (χ1) is 13.1. The summed E-state index contributed by atoms with van der Waals surface area (Å²) in [6, 6.07) is 8.24. The molecule has 6 heteroatoms. The van der Waals surface area contributed by atoms with Gasteiger partial charge in [-0.15, -0.1) is 0 Å². The molecule has 140 valence electrons. The first kappa shape index (κ1) is 16.8. The monoisotopic (exact) mass is 386 g/mol. The molecule has 2 unspecified atom stereocenters. The molecule has 0 aromatic heterocycles. The van der Waals surface area contributed by atoms with Gasteiger partial charge in [-0.3, -0.25) is 4.90 Å². The molecule has 3 aliphatic rings. The van der Waals surface area contributed by atoms with Gasteiger partial charge in [0.25, 0.3) is 0 Å². The Bertz CT molecular complexity index is 985. The molecule has 0 saturated carbocycles. The molecule has 0 amide bonds. The molecule has 1 N–H and O–H groups in total. The minimum atomic E-state index is -0.248. The summed E-state index contributed by atoms with van der Waals surface area (Å²) >= 11 is 7.02. The van der Waals surface area contributed by atoms with Crippen LogP contribution in [0.2, 0.25) is 0 Å². The Morgan fingerprint density at radius 1 is 1.07 bits per heavy atom. The van der Waals surface area contributed by atoms with Crippen LogP contribution in [0.4, 0.5) is 0 Å². The van der Waals surface area contributed by atoms with Crippen molar-refractivity contribution in [3.63, 3.8) is 0 Å². The average molecular weight is 387 g/mol. The van der Waals surface area contributed by atoms with Crippen LogP contribution >= 0.6 is 11.6 Å². The minimum absolute atomic E-state index is 0.248. The topological polar surface area (TPSA) is 41.4 Å². The third kappa shape index (κ3) is 2.28. The first-order valence-electron chi connectivity index (χ1n) is 9.03. The molecular formula is C21H21ClNO4+. The highest BCUT2D eigenvalue weighted by Crippen LogP contribution is 2.46.